The van der Waals surface area contributed by atoms with Gasteiger partial charge in [0.1, 0.15) is 0 Å². The van der Waals surface area contributed by atoms with Crippen LogP contribution in [0.1, 0.15) is 0 Å². The monoisotopic (exact) mass is 236 g/mol. The summed E-state index contributed by atoms with van der Waals surface area (Å²) in [5, 5.41) is 15.1. The van der Waals surface area contributed by atoms with E-state index in [1.54, 1.807) is 0 Å². The summed E-state index contributed by atoms with van der Waals surface area (Å²) in [6.07, 6.45) is 0. The van der Waals surface area contributed by atoms with E-state index in [-0.39, 0.29) is 59.1 Å². The molecule has 0 heterocycles. The quantitative estimate of drug-likeness (QED) is 0.293. The van der Waals surface area contributed by atoms with Crippen LogP contribution in [0.3, 0.4) is 0 Å². The van der Waals surface area contributed by atoms with Crippen LogP contribution in [0.4, 0.5) is 0 Å². The minimum absolute atomic E-state index is 0. The molecular formula is H2N2Na2O8S. The van der Waals surface area contributed by atoms with Crippen LogP contribution in [0.15, 0.2) is 0 Å². The van der Waals surface area contributed by atoms with Gasteiger partial charge in [0.05, 0.1) is 0 Å². The molecule has 0 saturated carbocycles. The van der Waals surface area contributed by atoms with E-state index >= 15 is 0 Å². The van der Waals surface area contributed by atoms with Crippen molar-refractivity contribution in [1.29, 1.82) is 0 Å². The van der Waals surface area contributed by atoms with Crippen molar-refractivity contribution < 1.29 is 27.2 Å². The van der Waals surface area contributed by atoms with E-state index in [9.17, 15) is 28.6 Å². The van der Waals surface area contributed by atoms with Crippen molar-refractivity contribution in [3.05, 3.63) is 20.2 Å². The van der Waals surface area contributed by atoms with Crippen molar-refractivity contribution in [2.24, 2.45) is 0 Å². The Hall–Kier alpha value is 0.350. The maximum atomic E-state index is 9.92. The second-order valence-corrected chi connectivity index (χ2v) is 2.12. The summed E-state index contributed by atoms with van der Waals surface area (Å²) in [4.78, 5) is 18.6. The number of hydrogen-bond acceptors (Lipinski definition) is 8. The van der Waals surface area contributed by atoms with Crippen molar-refractivity contribution in [3.8, 4) is 0 Å². The first-order chi connectivity index (χ1) is 4.83. The standard InChI is InChI=1S/N2O8S.2Na.2H/c3-1(4)9-11(7,8)10-2(5)6;;;;. The van der Waals surface area contributed by atoms with E-state index in [1.807, 2.05) is 0 Å². The molecule has 0 aliphatic rings. The molecule has 0 aromatic carbocycles. The van der Waals surface area contributed by atoms with Gasteiger partial charge in [0, 0.05) is 0 Å². The fraction of sp³-hybridized carbons (Fsp3) is 0. The molecule has 0 fully saturated rings. The van der Waals surface area contributed by atoms with Crippen LogP contribution in [0.25, 0.3) is 0 Å². The predicted molar refractivity (Wildman–Crippen MR) is 39.4 cm³/mol. The third-order valence-electron chi connectivity index (χ3n) is 0.304. The van der Waals surface area contributed by atoms with E-state index in [4.69, 9.17) is 0 Å². The zero-order chi connectivity index (χ0) is 9.07. The summed E-state index contributed by atoms with van der Waals surface area (Å²) in [7, 11) is -5.18. The Morgan fingerprint density at radius 1 is 0.923 bits per heavy atom. The Morgan fingerprint density at radius 2 is 1.15 bits per heavy atom. The molecule has 0 aromatic rings. The Morgan fingerprint density at radius 3 is 1.31 bits per heavy atom. The van der Waals surface area contributed by atoms with E-state index in [0.29, 0.717) is 0 Å². The summed E-state index contributed by atoms with van der Waals surface area (Å²) >= 11 is 0. The van der Waals surface area contributed by atoms with E-state index in [0.717, 1.165) is 0 Å². The van der Waals surface area contributed by atoms with E-state index < -0.39 is 20.6 Å². The van der Waals surface area contributed by atoms with Crippen LogP contribution in [0.2, 0.25) is 0 Å². The molecule has 0 saturated heterocycles. The SMILES string of the molecule is O=[N+]([O-])OS(=O)(=O)O[N+](=O)[O-].[NaH].[NaH]. The molecule has 0 unspecified atom stereocenters. The first-order valence-corrected chi connectivity index (χ1v) is 3.10. The second-order valence-electron chi connectivity index (χ2n) is 1.00. The average Bonchev–Trinajstić information content (AvgIpc) is 1.53. The first kappa shape index (κ1) is 19.0. The molecule has 13 heteroatoms. The first-order valence-electron chi connectivity index (χ1n) is 1.76. The molecule has 0 aliphatic carbocycles. The van der Waals surface area contributed by atoms with Crippen LogP contribution in [-0.4, -0.2) is 77.7 Å². The van der Waals surface area contributed by atoms with Crippen LogP contribution >= 0.6 is 0 Å². The van der Waals surface area contributed by atoms with Gasteiger partial charge in [-0.15, -0.1) is 20.2 Å². The van der Waals surface area contributed by atoms with E-state index in [2.05, 4.69) is 8.57 Å². The molecule has 13 heavy (non-hydrogen) atoms. The Balaban J connectivity index is -0.000000500. The zero-order valence-corrected chi connectivity index (χ0v) is 5.39. The van der Waals surface area contributed by atoms with Crippen LogP contribution < -0.4 is 0 Å². The molecule has 0 atom stereocenters. The fourth-order valence-electron chi connectivity index (χ4n) is 0.163. The van der Waals surface area contributed by atoms with Gasteiger partial charge in [-0.25, -0.2) is 0 Å². The molecule has 0 spiro atoms. The number of hydrogen-bond donors (Lipinski definition) is 0. The zero-order valence-electron chi connectivity index (χ0n) is 4.57. The van der Waals surface area contributed by atoms with Crippen LogP contribution in [0.5, 0.6) is 0 Å². The van der Waals surface area contributed by atoms with Crippen LogP contribution in [0, 0.1) is 20.2 Å². The topological polar surface area (TPSA) is 139 Å². The van der Waals surface area contributed by atoms with Gasteiger partial charge in [0.2, 0.25) is 0 Å². The fourth-order valence-corrected chi connectivity index (χ4v) is 0.488. The van der Waals surface area contributed by atoms with Gasteiger partial charge in [0.25, 0.3) is 0 Å². The Bertz CT molecular complexity index is 246. The maximum absolute atomic E-state index is 9.92. The van der Waals surface area contributed by atoms with Crippen molar-refractivity contribution in [2.75, 3.05) is 0 Å². The molecule has 68 valence electrons. The van der Waals surface area contributed by atoms with Gasteiger partial charge in [-0.2, -0.15) is 17.0 Å². The molecular weight excluding hydrogens is 234 g/mol. The molecule has 0 N–H and O–H groups in total. The van der Waals surface area contributed by atoms with Gasteiger partial charge in [-0.1, -0.05) is 0 Å². The van der Waals surface area contributed by atoms with Gasteiger partial charge in [-0.05, 0) is 0 Å². The third-order valence-corrected chi connectivity index (χ3v) is 0.913. The second kappa shape index (κ2) is 7.73. The third kappa shape index (κ3) is 12.4. The van der Waals surface area contributed by atoms with Gasteiger partial charge >= 0.3 is 79.7 Å². The van der Waals surface area contributed by atoms with Crippen molar-refractivity contribution in [2.45, 2.75) is 0 Å². The van der Waals surface area contributed by atoms with Crippen molar-refractivity contribution in [3.63, 3.8) is 0 Å². The molecule has 10 nitrogen and oxygen atoms in total. The summed E-state index contributed by atoms with van der Waals surface area (Å²) < 4.78 is 25.4. The normalized spacial score (nSPS) is 8.62. The molecule has 0 aromatic heterocycles. The van der Waals surface area contributed by atoms with Gasteiger partial charge < -0.3 is 0 Å². The minimum atomic E-state index is -5.18. The average molecular weight is 236 g/mol. The molecule has 0 radical (unpaired) electrons. The molecule has 0 aliphatic heterocycles. The summed E-state index contributed by atoms with van der Waals surface area (Å²) in [6.45, 7) is 0. The number of nitrogens with zero attached hydrogens (tertiary/aromatic N) is 2. The summed E-state index contributed by atoms with van der Waals surface area (Å²) in [5.41, 5.74) is 0. The molecule has 0 bridgehead atoms. The van der Waals surface area contributed by atoms with Crippen molar-refractivity contribution >= 4 is 69.5 Å². The van der Waals surface area contributed by atoms with Gasteiger partial charge in [0.15, 0.2) is 0 Å². The van der Waals surface area contributed by atoms with Crippen molar-refractivity contribution in [1.82, 2.24) is 0 Å². The molecule has 0 rings (SSSR count). The van der Waals surface area contributed by atoms with E-state index in [1.165, 1.54) is 0 Å². The molecule has 0 amide bonds. The van der Waals surface area contributed by atoms with Crippen LogP contribution in [-0.2, 0) is 19.0 Å². The predicted octanol–water partition coefficient (Wildman–Crippen LogP) is -2.65. The Kier molecular flexibility index (Phi) is 11.3. The Labute approximate surface area is 116 Å². The summed E-state index contributed by atoms with van der Waals surface area (Å²) in [5.74, 6) is 0. The summed E-state index contributed by atoms with van der Waals surface area (Å²) in [6, 6.07) is 0. The van der Waals surface area contributed by atoms with Gasteiger partial charge in [-0.3, -0.25) is 0 Å². The number of rotatable bonds is 4.